The number of nitrogens with one attached hydrogen (secondary N) is 1. The highest BCUT2D eigenvalue weighted by molar-refractivity contribution is 7.38. The van der Waals surface area contributed by atoms with E-state index in [1.165, 1.54) is 0 Å². The van der Waals surface area contributed by atoms with Crippen LogP contribution in [0.25, 0.3) is 0 Å². The van der Waals surface area contributed by atoms with Gasteiger partial charge in [0.25, 0.3) is 0 Å². The molecule has 16 heavy (non-hydrogen) atoms. The van der Waals surface area contributed by atoms with Crippen molar-refractivity contribution in [1.29, 1.82) is 0 Å². The summed E-state index contributed by atoms with van der Waals surface area (Å²) < 4.78 is 10.4. The maximum Gasteiger partial charge on any atom is 0.221 e. The van der Waals surface area contributed by atoms with Gasteiger partial charge in [0.2, 0.25) is 8.03 Å². The second-order valence-electron chi connectivity index (χ2n) is 3.11. The average Bonchev–Trinajstić information content (AvgIpc) is 2.31. The van der Waals surface area contributed by atoms with Crippen LogP contribution in [0.3, 0.4) is 0 Å². The van der Waals surface area contributed by atoms with Crippen LogP contribution < -0.4 is 5.32 Å². The van der Waals surface area contributed by atoms with Gasteiger partial charge in [0.05, 0.1) is 0 Å². The van der Waals surface area contributed by atoms with Gasteiger partial charge in [-0.1, -0.05) is 44.2 Å². The van der Waals surface area contributed by atoms with Crippen molar-refractivity contribution in [2.75, 3.05) is 13.1 Å². The second-order valence-corrected chi connectivity index (χ2v) is 4.33. The molecule has 1 aromatic rings. The van der Waals surface area contributed by atoms with Crippen molar-refractivity contribution in [3.05, 3.63) is 35.9 Å². The molecule has 5 heteroatoms. The molecule has 0 aliphatic carbocycles. The summed E-state index contributed by atoms with van der Waals surface area (Å²) in [5.74, 6) is -1.22. The van der Waals surface area contributed by atoms with Crippen molar-refractivity contribution in [3.8, 4) is 0 Å². The van der Waals surface area contributed by atoms with Gasteiger partial charge in [-0.15, -0.1) is 0 Å². The normalized spacial score (nSPS) is 13.5. The number of hydrogen-bond donors (Lipinski definition) is 3. The first-order valence-electron chi connectivity index (χ1n) is 5.30. The Kier molecular flexibility index (Phi) is 9.15. The molecule has 2 atom stereocenters. The molecular weight excluding hydrogens is 225 g/mol. The second kappa shape index (κ2) is 9.55. The van der Waals surface area contributed by atoms with Crippen LogP contribution in [0.2, 0.25) is 0 Å². The van der Waals surface area contributed by atoms with Crippen LogP contribution in [-0.4, -0.2) is 23.1 Å². The summed E-state index contributed by atoms with van der Waals surface area (Å²) in [6.45, 7) is 6.39. The monoisotopic (exact) mass is 245 g/mol. The van der Waals surface area contributed by atoms with E-state index in [1.807, 2.05) is 0 Å². The van der Waals surface area contributed by atoms with Crippen LogP contribution in [-0.2, 0) is 4.57 Å². The molecule has 1 rings (SSSR count). The van der Waals surface area contributed by atoms with E-state index in [4.69, 9.17) is 10.00 Å². The SMILES string of the molecule is CCNCC.O=[PH](O)C(O)c1ccccc1. The van der Waals surface area contributed by atoms with Crippen molar-refractivity contribution >= 4 is 8.03 Å². The molecule has 0 aromatic heterocycles. The summed E-state index contributed by atoms with van der Waals surface area (Å²) in [6.07, 6.45) is 0. The van der Waals surface area contributed by atoms with Crippen LogP contribution in [0.1, 0.15) is 25.3 Å². The lowest BCUT2D eigenvalue weighted by atomic mass is 10.2. The number of aliphatic hydroxyl groups is 1. The maximum atomic E-state index is 10.4. The predicted molar refractivity (Wildman–Crippen MR) is 66.8 cm³/mol. The number of rotatable bonds is 4. The molecular formula is C11H20NO3P. The zero-order valence-electron chi connectivity index (χ0n) is 9.68. The van der Waals surface area contributed by atoms with Crippen molar-refractivity contribution in [1.82, 2.24) is 5.32 Å². The van der Waals surface area contributed by atoms with Gasteiger partial charge in [0.1, 0.15) is 0 Å². The van der Waals surface area contributed by atoms with Crippen molar-refractivity contribution in [2.24, 2.45) is 0 Å². The van der Waals surface area contributed by atoms with E-state index in [0.29, 0.717) is 5.56 Å². The van der Waals surface area contributed by atoms with Gasteiger partial charge in [-0.2, -0.15) is 0 Å². The molecule has 0 amide bonds. The van der Waals surface area contributed by atoms with Gasteiger partial charge < -0.3 is 15.3 Å². The molecule has 0 aliphatic rings. The molecule has 0 heterocycles. The number of hydrogen-bond acceptors (Lipinski definition) is 3. The van der Waals surface area contributed by atoms with Crippen molar-refractivity contribution in [2.45, 2.75) is 19.7 Å². The fourth-order valence-electron chi connectivity index (χ4n) is 1.03. The topological polar surface area (TPSA) is 69.6 Å². The number of aliphatic hydroxyl groups excluding tert-OH is 1. The molecule has 4 nitrogen and oxygen atoms in total. The lowest BCUT2D eigenvalue weighted by Gasteiger charge is -2.04. The Labute approximate surface area is 97.2 Å². The van der Waals surface area contributed by atoms with E-state index in [9.17, 15) is 4.57 Å². The minimum absolute atomic E-state index is 0.485. The molecule has 0 radical (unpaired) electrons. The quantitative estimate of drug-likeness (QED) is 0.707. The first kappa shape index (κ1) is 15.3. The van der Waals surface area contributed by atoms with E-state index in [1.54, 1.807) is 30.3 Å². The highest BCUT2D eigenvalue weighted by Crippen LogP contribution is 2.34. The third-order valence-electron chi connectivity index (χ3n) is 1.85. The van der Waals surface area contributed by atoms with Crippen LogP contribution in [0.5, 0.6) is 0 Å². The Morgan fingerprint density at radius 2 is 1.75 bits per heavy atom. The zero-order chi connectivity index (χ0) is 12.4. The summed E-state index contributed by atoms with van der Waals surface area (Å²) >= 11 is 0. The van der Waals surface area contributed by atoms with Gasteiger partial charge in [0.15, 0.2) is 5.85 Å². The Balaban J connectivity index is 0.000000385. The first-order chi connectivity index (χ1) is 7.63. The van der Waals surface area contributed by atoms with E-state index in [2.05, 4.69) is 19.2 Å². The third-order valence-corrected chi connectivity index (χ3v) is 2.65. The molecule has 3 N–H and O–H groups in total. The smallest absolute Gasteiger partial charge is 0.221 e. The summed E-state index contributed by atoms with van der Waals surface area (Å²) in [5, 5.41) is 12.2. The molecule has 0 fully saturated rings. The fourth-order valence-corrected chi connectivity index (χ4v) is 1.51. The van der Waals surface area contributed by atoms with Gasteiger partial charge in [-0.25, -0.2) is 0 Å². The molecule has 0 bridgehead atoms. The Bertz CT molecular complexity index is 291. The Hall–Kier alpha value is -0.670. The zero-order valence-corrected chi connectivity index (χ0v) is 10.7. The molecule has 92 valence electrons. The summed E-state index contributed by atoms with van der Waals surface area (Å²) in [4.78, 5) is 8.57. The standard InChI is InChI=1S/C7H9O3P.C4H11N/c8-7(11(9)10)6-4-2-1-3-5-6;1-3-5-4-2/h1-5,7-8,11H,(H,9,10);5H,3-4H2,1-2H3. The Morgan fingerprint density at radius 1 is 1.25 bits per heavy atom. The summed E-state index contributed by atoms with van der Waals surface area (Å²) in [7, 11) is -2.86. The molecule has 0 saturated carbocycles. The molecule has 2 unspecified atom stereocenters. The fraction of sp³-hybridized carbons (Fsp3) is 0.455. The van der Waals surface area contributed by atoms with Crippen LogP contribution in [0.15, 0.2) is 30.3 Å². The molecule has 0 aliphatic heterocycles. The lowest BCUT2D eigenvalue weighted by Crippen LogP contribution is -2.09. The largest absolute Gasteiger partial charge is 0.378 e. The van der Waals surface area contributed by atoms with Crippen LogP contribution in [0.4, 0.5) is 0 Å². The van der Waals surface area contributed by atoms with Gasteiger partial charge in [-0.3, -0.25) is 4.57 Å². The maximum absolute atomic E-state index is 10.4. The van der Waals surface area contributed by atoms with E-state index >= 15 is 0 Å². The highest BCUT2D eigenvalue weighted by atomic mass is 31.1. The van der Waals surface area contributed by atoms with Crippen LogP contribution >= 0.6 is 8.03 Å². The minimum Gasteiger partial charge on any atom is -0.378 e. The first-order valence-corrected chi connectivity index (χ1v) is 6.73. The van der Waals surface area contributed by atoms with Crippen molar-refractivity contribution in [3.63, 3.8) is 0 Å². The minimum atomic E-state index is -2.86. The van der Waals surface area contributed by atoms with Gasteiger partial charge in [0, 0.05) is 0 Å². The van der Waals surface area contributed by atoms with E-state index in [0.717, 1.165) is 13.1 Å². The van der Waals surface area contributed by atoms with Gasteiger partial charge >= 0.3 is 0 Å². The van der Waals surface area contributed by atoms with Crippen LogP contribution in [0, 0.1) is 0 Å². The van der Waals surface area contributed by atoms with E-state index in [-0.39, 0.29) is 0 Å². The van der Waals surface area contributed by atoms with Gasteiger partial charge in [-0.05, 0) is 18.7 Å². The highest BCUT2D eigenvalue weighted by Gasteiger charge is 2.10. The average molecular weight is 245 g/mol. The predicted octanol–water partition coefficient (Wildman–Crippen LogP) is 1.76. The molecule has 0 saturated heterocycles. The summed E-state index contributed by atoms with van der Waals surface area (Å²) in [6, 6.07) is 8.43. The molecule has 0 spiro atoms. The third kappa shape index (κ3) is 6.75. The number of benzene rings is 1. The molecule has 1 aromatic carbocycles. The summed E-state index contributed by atoms with van der Waals surface area (Å²) in [5.41, 5.74) is 0.485. The van der Waals surface area contributed by atoms with Crippen molar-refractivity contribution < 1.29 is 14.6 Å². The van der Waals surface area contributed by atoms with E-state index < -0.39 is 13.9 Å². The Morgan fingerprint density at radius 3 is 2.06 bits per heavy atom. The lowest BCUT2D eigenvalue weighted by molar-refractivity contribution is 0.243.